The number of hydrogen-bond donors (Lipinski definition) is 2. The van der Waals surface area contributed by atoms with E-state index in [0.717, 1.165) is 4.70 Å². The first-order valence-electron chi connectivity index (χ1n) is 6.31. The zero-order valence-electron chi connectivity index (χ0n) is 11.6. The Kier molecular flexibility index (Phi) is 3.63. The molecule has 0 saturated carbocycles. The van der Waals surface area contributed by atoms with Gasteiger partial charge in [0.2, 0.25) is 0 Å². The van der Waals surface area contributed by atoms with Gasteiger partial charge in [0.25, 0.3) is 10.0 Å². The van der Waals surface area contributed by atoms with E-state index in [1.54, 1.807) is 19.2 Å². The Morgan fingerprint density at radius 1 is 1.18 bits per heavy atom. The highest BCUT2D eigenvalue weighted by Crippen LogP contribution is 2.30. The Balaban J connectivity index is 1.93. The first-order valence-corrected chi connectivity index (χ1v) is 8.61. The molecule has 3 N–H and O–H groups in total. The highest BCUT2D eigenvalue weighted by atomic mass is 32.2. The van der Waals surface area contributed by atoms with Gasteiger partial charge in [0, 0.05) is 11.8 Å². The molecule has 114 valence electrons. The fraction of sp³-hybridized carbons (Fsp3) is 0.0714. The molecule has 1 aromatic heterocycles. The number of nitrogens with one attached hydrogen (secondary N) is 1. The summed E-state index contributed by atoms with van der Waals surface area (Å²) in [5, 5.41) is 0.306. The van der Waals surface area contributed by atoms with Crippen LogP contribution in [0.5, 0.6) is 5.75 Å². The van der Waals surface area contributed by atoms with Crippen molar-refractivity contribution in [1.82, 2.24) is 4.98 Å². The maximum absolute atomic E-state index is 12.3. The lowest BCUT2D eigenvalue weighted by molar-refractivity contribution is 0.415. The predicted molar refractivity (Wildman–Crippen MR) is 87.8 cm³/mol. The summed E-state index contributed by atoms with van der Waals surface area (Å²) in [6, 6.07) is 11.4. The quantitative estimate of drug-likeness (QED) is 0.715. The lowest BCUT2D eigenvalue weighted by atomic mass is 10.3. The molecular formula is C14H13N3O3S2. The normalized spacial score (nSPS) is 11.5. The highest BCUT2D eigenvalue weighted by Gasteiger charge is 2.16. The fourth-order valence-electron chi connectivity index (χ4n) is 1.90. The number of anilines is 2. The van der Waals surface area contributed by atoms with Gasteiger partial charge in [-0.15, -0.1) is 0 Å². The number of nitrogens with two attached hydrogens (primary N) is 1. The number of benzene rings is 2. The Morgan fingerprint density at radius 3 is 2.59 bits per heavy atom. The van der Waals surface area contributed by atoms with E-state index in [0.29, 0.717) is 22.1 Å². The Bertz CT molecular complexity index is 918. The number of methoxy groups -OCH3 is 1. The summed E-state index contributed by atoms with van der Waals surface area (Å²) >= 11 is 1.26. The Labute approximate surface area is 131 Å². The highest BCUT2D eigenvalue weighted by molar-refractivity contribution is 7.93. The third-order valence-corrected chi connectivity index (χ3v) is 5.44. The molecule has 6 nitrogen and oxygen atoms in total. The van der Waals surface area contributed by atoms with Crippen LogP contribution in [-0.4, -0.2) is 20.5 Å². The van der Waals surface area contributed by atoms with E-state index < -0.39 is 10.0 Å². The van der Waals surface area contributed by atoms with Crippen molar-refractivity contribution in [3.63, 3.8) is 0 Å². The minimum absolute atomic E-state index is 0.138. The van der Waals surface area contributed by atoms with Crippen LogP contribution in [0, 0.1) is 0 Å². The summed E-state index contributed by atoms with van der Waals surface area (Å²) in [5.74, 6) is 0.672. The third kappa shape index (κ3) is 2.83. The monoisotopic (exact) mass is 335 g/mol. The molecule has 0 bridgehead atoms. The SMILES string of the molecule is COc1ccc2sc(NS(=O)(=O)c3ccc(N)cc3)nc2c1. The van der Waals surface area contributed by atoms with E-state index in [1.807, 2.05) is 6.07 Å². The van der Waals surface area contributed by atoms with Crippen LogP contribution in [0.4, 0.5) is 10.8 Å². The average Bonchev–Trinajstić information content (AvgIpc) is 2.87. The van der Waals surface area contributed by atoms with Crippen molar-refractivity contribution in [2.45, 2.75) is 4.90 Å². The van der Waals surface area contributed by atoms with Crippen molar-refractivity contribution in [2.24, 2.45) is 0 Å². The van der Waals surface area contributed by atoms with Crippen LogP contribution in [0.1, 0.15) is 0 Å². The van der Waals surface area contributed by atoms with E-state index >= 15 is 0 Å². The number of ether oxygens (including phenoxy) is 1. The minimum atomic E-state index is -3.68. The number of thiazole rings is 1. The van der Waals surface area contributed by atoms with Gasteiger partial charge in [-0.25, -0.2) is 13.4 Å². The molecule has 2 aromatic carbocycles. The molecule has 0 amide bonds. The van der Waals surface area contributed by atoms with Gasteiger partial charge in [0.15, 0.2) is 5.13 Å². The van der Waals surface area contributed by atoms with Crippen molar-refractivity contribution in [3.05, 3.63) is 42.5 Å². The molecule has 3 rings (SSSR count). The number of aromatic nitrogens is 1. The third-order valence-electron chi connectivity index (χ3n) is 3.01. The summed E-state index contributed by atoms with van der Waals surface area (Å²) in [6.45, 7) is 0. The van der Waals surface area contributed by atoms with Gasteiger partial charge >= 0.3 is 0 Å². The van der Waals surface area contributed by atoms with Gasteiger partial charge in [-0.3, -0.25) is 4.72 Å². The zero-order valence-corrected chi connectivity index (χ0v) is 13.2. The number of fused-ring (bicyclic) bond motifs is 1. The summed E-state index contributed by atoms with van der Waals surface area (Å²) in [6.07, 6.45) is 0. The molecule has 0 saturated heterocycles. The minimum Gasteiger partial charge on any atom is -0.497 e. The molecule has 0 unspecified atom stereocenters. The molecule has 0 aliphatic rings. The summed E-state index contributed by atoms with van der Waals surface area (Å²) < 4.78 is 33.1. The van der Waals surface area contributed by atoms with Gasteiger partial charge in [0.05, 0.1) is 22.2 Å². The topological polar surface area (TPSA) is 94.3 Å². The molecule has 22 heavy (non-hydrogen) atoms. The fourth-order valence-corrected chi connectivity index (χ4v) is 3.98. The van der Waals surface area contributed by atoms with Crippen LogP contribution < -0.4 is 15.2 Å². The van der Waals surface area contributed by atoms with Crippen LogP contribution in [0.2, 0.25) is 0 Å². The maximum atomic E-state index is 12.3. The molecule has 0 fully saturated rings. The maximum Gasteiger partial charge on any atom is 0.263 e. The number of nitrogens with zero attached hydrogens (tertiary/aromatic N) is 1. The molecule has 0 aliphatic carbocycles. The van der Waals surface area contributed by atoms with Gasteiger partial charge in [-0.05, 0) is 36.4 Å². The molecule has 0 atom stereocenters. The Morgan fingerprint density at radius 2 is 1.91 bits per heavy atom. The van der Waals surface area contributed by atoms with Crippen LogP contribution in [-0.2, 0) is 10.0 Å². The van der Waals surface area contributed by atoms with Gasteiger partial charge in [-0.2, -0.15) is 0 Å². The zero-order chi connectivity index (χ0) is 15.7. The lowest BCUT2D eigenvalue weighted by Gasteiger charge is -2.04. The van der Waals surface area contributed by atoms with Gasteiger partial charge < -0.3 is 10.5 Å². The van der Waals surface area contributed by atoms with Crippen molar-refractivity contribution < 1.29 is 13.2 Å². The van der Waals surface area contributed by atoms with Crippen LogP contribution >= 0.6 is 11.3 Å². The Hall–Kier alpha value is -2.32. The molecule has 3 aromatic rings. The largest absolute Gasteiger partial charge is 0.497 e. The van der Waals surface area contributed by atoms with E-state index in [-0.39, 0.29) is 4.90 Å². The van der Waals surface area contributed by atoms with E-state index in [1.165, 1.54) is 35.6 Å². The summed E-state index contributed by atoms with van der Waals surface area (Å²) in [5.41, 5.74) is 6.75. The number of rotatable bonds is 4. The molecule has 0 aliphatic heterocycles. The summed E-state index contributed by atoms with van der Waals surface area (Å²) in [4.78, 5) is 4.41. The smallest absolute Gasteiger partial charge is 0.263 e. The van der Waals surface area contributed by atoms with E-state index in [2.05, 4.69) is 9.71 Å². The molecule has 1 heterocycles. The molecule has 0 radical (unpaired) electrons. The van der Waals surface area contributed by atoms with E-state index in [4.69, 9.17) is 10.5 Å². The first-order chi connectivity index (χ1) is 10.5. The number of hydrogen-bond acceptors (Lipinski definition) is 6. The summed E-state index contributed by atoms with van der Waals surface area (Å²) in [7, 11) is -2.11. The number of nitrogen functional groups attached to an aromatic ring is 1. The molecular weight excluding hydrogens is 322 g/mol. The van der Waals surface area contributed by atoms with E-state index in [9.17, 15) is 8.42 Å². The van der Waals surface area contributed by atoms with Crippen LogP contribution in [0.3, 0.4) is 0 Å². The second-order valence-corrected chi connectivity index (χ2v) is 7.24. The number of sulfonamides is 1. The average molecular weight is 335 g/mol. The first kappa shape index (κ1) is 14.6. The lowest BCUT2D eigenvalue weighted by Crippen LogP contribution is -2.12. The van der Waals surface area contributed by atoms with Crippen molar-refractivity contribution in [3.8, 4) is 5.75 Å². The predicted octanol–water partition coefficient (Wildman–Crippen LogP) is 2.69. The van der Waals surface area contributed by atoms with Crippen molar-refractivity contribution in [1.29, 1.82) is 0 Å². The second kappa shape index (κ2) is 5.47. The molecule has 8 heteroatoms. The van der Waals surface area contributed by atoms with Crippen molar-refractivity contribution in [2.75, 3.05) is 17.6 Å². The second-order valence-electron chi connectivity index (χ2n) is 4.53. The van der Waals surface area contributed by atoms with Crippen LogP contribution in [0.15, 0.2) is 47.4 Å². The molecule has 0 spiro atoms. The van der Waals surface area contributed by atoms with Crippen LogP contribution in [0.25, 0.3) is 10.2 Å². The van der Waals surface area contributed by atoms with Gasteiger partial charge in [-0.1, -0.05) is 11.3 Å². The van der Waals surface area contributed by atoms with Crippen molar-refractivity contribution >= 4 is 42.4 Å². The van der Waals surface area contributed by atoms with Gasteiger partial charge in [0.1, 0.15) is 5.75 Å². The standard InChI is InChI=1S/C14H13N3O3S2/c1-20-10-4-7-13-12(8-10)16-14(21-13)17-22(18,19)11-5-2-9(15)3-6-11/h2-8H,15H2,1H3,(H,16,17).